The van der Waals surface area contributed by atoms with Crippen LogP contribution in [0, 0.1) is 11.3 Å². The normalized spacial score (nSPS) is 9.80. The summed E-state index contributed by atoms with van der Waals surface area (Å²) in [4.78, 5) is 15.6. The first-order chi connectivity index (χ1) is 7.31. The predicted octanol–water partition coefficient (Wildman–Crippen LogP) is 2.33. The van der Waals surface area contributed by atoms with Gasteiger partial charge in [-0.1, -0.05) is 18.2 Å². The van der Waals surface area contributed by atoms with Crippen molar-refractivity contribution in [3.8, 4) is 6.07 Å². The van der Waals surface area contributed by atoms with Gasteiger partial charge >= 0.3 is 0 Å². The van der Waals surface area contributed by atoms with Crippen LogP contribution in [-0.4, -0.2) is 10.8 Å². The maximum Gasteiger partial charge on any atom is 0.178 e. The third kappa shape index (κ3) is 1.84. The summed E-state index contributed by atoms with van der Waals surface area (Å²) in [5.41, 5.74) is 1.35. The summed E-state index contributed by atoms with van der Waals surface area (Å²) in [6.07, 6.45) is 1.42. The minimum Gasteiger partial charge on any atom is -0.293 e. The molecule has 0 saturated carbocycles. The average molecular weight is 196 g/mol. The summed E-state index contributed by atoms with van der Waals surface area (Å²) in [7, 11) is 0. The smallest absolute Gasteiger partial charge is 0.178 e. The molecule has 72 valence electrons. The first-order valence-corrected chi connectivity index (χ1v) is 4.56. The zero-order valence-corrected chi connectivity index (χ0v) is 7.97. The number of pyridine rings is 1. The van der Waals surface area contributed by atoms with E-state index in [0.717, 1.165) is 10.9 Å². The van der Waals surface area contributed by atoms with Crippen LogP contribution in [0.15, 0.2) is 36.5 Å². The van der Waals surface area contributed by atoms with E-state index in [1.165, 1.54) is 6.20 Å². The molecule has 2 rings (SSSR count). The van der Waals surface area contributed by atoms with E-state index >= 15 is 0 Å². The van der Waals surface area contributed by atoms with Crippen LogP contribution in [0.3, 0.4) is 0 Å². The van der Waals surface area contributed by atoms with E-state index in [2.05, 4.69) is 4.98 Å². The summed E-state index contributed by atoms with van der Waals surface area (Å²) in [5, 5.41) is 9.34. The maximum atomic E-state index is 11.4. The fraction of sp³-hybridized carbons (Fsp3) is 0.0833. The quantitative estimate of drug-likeness (QED) is 0.692. The van der Waals surface area contributed by atoms with E-state index in [1.807, 2.05) is 30.3 Å². The first kappa shape index (κ1) is 9.35. The van der Waals surface area contributed by atoms with Crippen LogP contribution in [0.4, 0.5) is 0 Å². The van der Waals surface area contributed by atoms with Crippen molar-refractivity contribution < 1.29 is 4.79 Å². The second-order valence-corrected chi connectivity index (χ2v) is 3.17. The van der Waals surface area contributed by atoms with Gasteiger partial charge in [0.15, 0.2) is 5.78 Å². The lowest BCUT2D eigenvalue weighted by atomic mass is 10.1. The Labute approximate surface area is 87.0 Å². The number of carbonyl (C=O) groups is 1. The van der Waals surface area contributed by atoms with Crippen molar-refractivity contribution in [2.24, 2.45) is 0 Å². The van der Waals surface area contributed by atoms with Gasteiger partial charge in [-0.15, -0.1) is 0 Å². The summed E-state index contributed by atoms with van der Waals surface area (Å²) in [5.74, 6) is -0.184. The van der Waals surface area contributed by atoms with Crippen molar-refractivity contribution in [2.75, 3.05) is 0 Å². The molecule has 0 N–H and O–H groups in total. The van der Waals surface area contributed by atoms with Gasteiger partial charge in [-0.25, -0.2) is 0 Å². The molecule has 0 bridgehead atoms. The molecular weight excluding hydrogens is 188 g/mol. The molecule has 0 spiro atoms. The molecule has 0 radical (unpaired) electrons. The second-order valence-electron chi connectivity index (χ2n) is 3.17. The molecule has 0 fully saturated rings. The fourth-order valence-corrected chi connectivity index (χ4v) is 1.40. The molecular formula is C12H8N2O. The van der Waals surface area contributed by atoms with Gasteiger partial charge in [0, 0.05) is 17.1 Å². The summed E-state index contributed by atoms with van der Waals surface area (Å²) in [6, 6.07) is 11.2. The summed E-state index contributed by atoms with van der Waals surface area (Å²) in [6.45, 7) is 0. The Morgan fingerprint density at radius 1 is 1.40 bits per heavy atom. The number of para-hydroxylation sites is 1. The number of nitriles is 1. The van der Waals surface area contributed by atoms with E-state index < -0.39 is 0 Å². The topological polar surface area (TPSA) is 53.8 Å². The highest BCUT2D eigenvalue weighted by Crippen LogP contribution is 2.13. The Morgan fingerprint density at radius 2 is 2.20 bits per heavy atom. The average Bonchev–Trinajstić information content (AvgIpc) is 2.29. The lowest BCUT2D eigenvalue weighted by Crippen LogP contribution is -1.98. The van der Waals surface area contributed by atoms with Crippen molar-refractivity contribution in [1.82, 2.24) is 4.98 Å². The number of aromatic nitrogens is 1. The van der Waals surface area contributed by atoms with Crippen molar-refractivity contribution in [1.29, 1.82) is 5.26 Å². The number of hydrogen-bond acceptors (Lipinski definition) is 3. The van der Waals surface area contributed by atoms with Gasteiger partial charge in [-0.2, -0.15) is 5.26 Å². The van der Waals surface area contributed by atoms with E-state index in [4.69, 9.17) is 5.26 Å². The van der Waals surface area contributed by atoms with Crippen LogP contribution < -0.4 is 0 Å². The van der Waals surface area contributed by atoms with E-state index in [-0.39, 0.29) is 12.2 Å². The molecule has 3 nitrogen and oxygen atoms in total. The monoisotopic (exact) mass is 196 g/mol. The van der Waals surface area contributed by atoms with Crippen molar-refractivity contribution in [3.63, 3.8) is 0 Å². The number of hydrogen-bond donors (Lipinski definition) is 0. The minimum atomic E-state index is -0.184. The molecule has 1 aromatic carbocycles. The molecule has 0 saturated heterocycles. The Morgan fingerprint density at radius 3 is 3.00 bits per heavy atom. The Balaban J connectivity index is 2.48. The number of Topliss-reactive ketones (excluding diaryl/α,β-unsaturated/α-hetero) is 1. The highest BCUT2D eigenvalue weighted by atomic mass is 16.1. The van der Waals surface area contributed by atoms with Crippen LogP contribution in [0.25, 0.3) is 10.9 Å². The van der Waals surface area contributed by atoms with Crippen molar-refractivity contribution in [2.45, 2.75) is 6.42 Å². The molecule has 15 heavy (non-hydrogen) atoms. The highest BCUT2D eigenvalue weighted by molar-refractivity contribution is 5.99. The fourth-order valence-electron chi connectivity index (χ4n) is 1.40. The van der Waals surface area contributed by atoms with Gasteiger partial charge in [0.2, 0.25) is 0 Å². The number of fused-ring (bicyclic) bond motifs is 1. The molecule has 3 heteroatoms. The van der Waals surface area contributed by atoms with Crippen LogP contribution in [0.5, 0.6) is 0 Å². The zero-order valence-electron chi connectivity index (χ0n) is 7.97. The number of carbonyl (C=O) groups excluding carboxylic acids is 1. The van der Waals surface area contributed by atoms with Gasteiger partial charge in [0.05, 0.1) is 18.0 Å². The molecule has 0 unspecified atom stereocenters. The largest absolute Gasteiger partial charge is 0.293 e. The van der Waals surface area contributed by atoms with Gasteiger partial charge < -0.3 is 0 Å². The van der Waals surface area contributed by atoms with Crippen LogP contribution in [0.1, 0.15) is 16.8 Å². The third-order valence-electron chi connectivity index (χ3n) is 2.15. The van der Waals surface area contributed by atoms with Crippen molar-refractivity contribution >= 4 is 16.7 Å². The van der Waals surface area contributed by atoms with Gasteiger partial charge in [-0.3, -0.25) is 9.78 Å². The lowest BCUT2D eigenvalue weighted by Gasteiger charge is -1.99. The third-order valence-corrected chi connectivity index (χ3v) is 2.15. The molecule has 0 aliphatic heterocycles. The Hall–Kier alpha value is -2.21. The Kier molecular flexibility index (Phi) is 2.42. The van der Waals surface area contributed by atoms with E-state index in [9.17, 15) is 4.79 Å². The van der Waals surface area contributed by atoms with Crippen LogP contribution in [-0.2, 0) is 0 Å². The molecule has 0 atom stereocenters. The molecule has 1 heterocycles. The SMILES string of the molecule is N#CCC(=O)c1cnc2ccccc2c1. The standard InChI is InChI=1S/C12H8N2O/c13-6-5-12(15)10-7-9-3-1-2-4-11(9)14-8-10/h1-4,7-8H,5H2. The van der Waals surface area contributed by atoms with Crippen LogP contribution in [0.2, 0.25) is 0 Å². The molecule has 0 aliphatic rings. The van der Waals surface area contributed by atoms with Gasteiger partial charge in [0.1, 0.15) is 0 Å². The minimum absolute atomic E-state index is 0.0972. The molecule has 0 aliphatic carbocycles. The second kappa shape index (κ2) is 3.89. The van der Waals surface area contributed by atoms with E-state index in [1.54, 1.807) is 6.07 Å². The molecule has 0 amide bonds. The van der Waals surface area contributed by atoms with Gasteiger partial charge in [0.25, 0.3) is 0 Å². The summed E-state index contributed by atoms with van der Waals surface area (Å²) >= 11 is 0. The number of benzene rings is 1. The highest BCUT2D eigenvalue weighted by Gasteiger charge is 2.05. The van der Waals surface area contributed by atoms with Crippen LogP contribution >= 0.6 is 0 Å². The van der Waals surface area contributed by atoms with Crippen molar-refractivity contribution in [3.05, 3.63) is 42.1 Å². The number of rotatable bonds is 2. The first-order valence-electron chi connectivity index (χ1n) is 4.56. The zero-order chi connectivity index (χ0) is 10.7. The lowest BCUT2D eigenvalue weighted by molar-refractivity contribution is 0.0997. The number of ketones is 1. The summed E-state index contributed by atoms with van der Waals surface area (Å²) < 4.78 is 0. The Bertz CT molecular complexity index is 555. The number of nitrogens with zero attached hydrogens (tertiary/aromatic N) is 2. The van der Waals surface area contributed by atoms with E-state index in [0.29, 0.717) is 5.56 Å². The van der Waals surface area contributed by atoms with Gasteiger partial charge in [-0.05, 0) is 12.1 Å². The maximum absolute atomic E-state index is 11.4. The molecule has 1 aromatic heterocycles. The molecule has 2 aromatic rings. The predicted molar refractivity (Wildman–Crippen MR) is 56.3 cm³/mol.